The number of nitrogens with two attached hydrogens (primary N) is 1. The molecule has 2 fully saturated rings. The first kappa shape index (κ1) is 55.0. The highest BCUT2D eigenvalue weighted by Crippen LogP contribution is 2.28. The van der Waals surface area contributed by atoms with Crippen molar-refractivity contribution in [3.05, 3.63) is 29.8 Å². The molecule has 0 radical (unpaired) electrons. The Morgan fingerprint density at radius 2 is 1.50 bits per heavy atom. The van der Waals surface area contributed by atoms with Gasteiger partial charge in [0.2, 0.25) is 41.4 Å². The number of nitrogens with one attached hydrogen (secondary N) is 5. The summed E-state index contributed by atoms with van der Waals surface area (Å²) in [5.41, 5.74) is 5.92. The number of cyclic esters (lactones) is 1. The molecule has 1 aromatic rings. The normalized spacial score (nSPS) is 27.7. The first-order valence-electron chi connectivity index (χ1n) is 23.1. The number of rotatable bonds is 15. The number of fused-ring (bicyclic) bond motifs is 2. The van der Waals surface area contributed by atoms with Gasteiger partial charge in [0.25, 0.3) is 0 Å². The number of aromatic hydroxyl groups is 1. The molecule has 20 heteroatoms. The van der Waals surface area contributed by atoms with Crippen LogP contribution in [0.25, 0.3) is 0 Å². The minimum absolute atomic E-state index is 0.000209. The standard InChI is InChI=1S/C46H74N8O12/c1-11-25(7)36-46(65)66-27(9)37(52-40(59)30(17-19-34(47)56)48-39(58)24(5)6)43(62)50-32(21-23(3)4)41(60)49-31-18-20-35(57)54(44(31)63)38(26(8)12-2)45(64)53(10)33(42(61)51-36)22-28-13-15-29(55)16-14-28/h13-16,23-27,30-33,35-38,43,50,55,57,62H,11-12,17-22H2,1-10H3,(H2,47,56)(H,48,58)(H,49,60)(H,51,61)(H,52,59)/t25-,26-,27+,30-,31-,32-,33-,35+,36-,37-,38-,43?/m0/s1. The van der Waals surface area contributed by atoms with Crippen molar-refractivity contribution in [1.29, 1.82) is 0 Å². The van der Waals surface area contributed by atoms with E-state index in [0.29, 0.717) is 18.4 Å². The van der Waals surface area contributed by atoms with Gasteiger partial charge in [-0.25, -0.2) is 4.79 Å². The van der Waals surface area contributed by atoms with Gasteiger partial charge in [0.05, 0.1) is 6.04 Å². The van der Waals surface area contributed by atoms with Crippen LogP contribution in [0.2, 0.25) is 0 Å². The summed E-state index contributed by atoms with van der Waals surface area (Å²) in [5.74, 6) is -7.93. The van der Waals surface area contributed by atoms with Crippen molar-refractivity contribution in [3.8, 4) is 5.75 Å². The van der Waals surface area contributed by atoms with Crippen LogP contribution in [-0.4, -0.2) is 140 Å². The van der Waals surface area contributed by atoms with E-state index in [1.165, 1.54) is 31.0 Å². The van der Waals surface area contributed by atoms with E-state index in [1.54, 1.807) is 46.8 Å². The fourth-order valence-electron chi connectivity index (χ4n) is 8.01. The number of carbonyl (C=O) groups is 8. The Morgan fingerprint density at radius 1 is 0.879 bits per heavy atom. The molecule has 10 N–H and O–H groups in total. The molecule has 2 saturated heterocycles. The first-order valence-corrected chi connectivity index (χ1v) is 23.1. The van der Waals surface area contributed by atoms with E-state index in [4.69, 9.17) is 10.5 Å². The maximum atomic E-state index is 14.9. The monoisotopic (exact) mass is 931 g/mol. The lowest BCUT2D eigenvalue weighted by Crippen LogP contribution is -2.66. The number of hydrogen-bond acceptors (Lipinski definition) is 13. The Balaban J connectivity index is 2.26. The third-order valence-electron chi connectivity index (χ3n) is 12.6. The van der Waals surface area contributed by atoms with Crippen LogP contribution in [0, 0.1) is 23.7 Å². The SMILES string of the molecule is CC[C@H](C)[C@@H]1NC(=O)[C@H](Cc2ccc(O)cc2)N(C)C(=O)[C@H]([C@@H](C)CC)N2C(=O)[C@H](CC[C@H]2O)NC(=O)[C@H](CC(C)C)NC(O)[C@@H](NC(=O)[C@H](CCC(N)=O)NC(=O)C(C)C)[C@@H](C)OC1=O. The summed E-state index contributed by atoms with van der Waals surface area (Å²) in [4.78, 5) is 114. The van der Waals surface area contributed by atoms with Crippen molar-refractivity contribution in [2.45, 2.75) is 175 Å². The fourth-order valence-corrected chi connectivity index (χ4v) is 8.01. The Hall–Kier alpha value is -5.34. The number of hydrogen-bond donors (Lipinski definition) is 9. The van der Waals surface area contributed by atoms with Crippen LogP contribution < -0.4 is 32.3 Å². The number of esters is 1. The number of aliphatic hydroxyl groups excluding tert-OH is 2. The van der Waals surface area contributed by atoms with E-state index in [0.717, 1.165) is 4.90 Å². The summed E-state index contributed by atoms with van der Waals surface area (Å²) in [6.45, 7) is 15.2. The van der Waals surface area contributed by atoms with Crippen LogP contribution in [0.1, 0.15) is 113 Å². The molecule has 2 aliphatic heterocycles. The first-order chi connectivity index (χ1) is 30.9. The second-order valence-electron chi connectivity index (χ2n) is 18.6. The smallest absolute Gasteiger partial charge is 0.329 e. The Kier molecular flexibility index (Phi) is 20.8. The molecule has 7 amide bonds. The van der Waals surface area contributed by atoms with E-state index in [2.05, 4.69) is 26.6 Å². The van der Waals surface area contributed by atoms with Crippen molar-refractivity contribution in [2.24, 2.45) is 29.4 Å². The van der Waals surface area contributed by atoms with Crippen molar-refractivity contribution in [1.82, 2.24) is 36.4 Å². The maximum absolute atomic E-state index is 14.9. The third kappa shape index (κ3) is 14.8. The van der Waals surface area contributed by atoms with Crippen LogP contribution >= 0.6 is 0 Å². The summed E-state index contributed by atoms with van der Waals surface area (Å²) in [6.07, 6.45) is -4.50. The number of nitrogens with zero attached hydrogens (tertiary/aromatic N) is 2. The summed E-state index contributed by atoms with van der Waals surface area (Å²) in [7, 11) is 1.39. The summed E-state index contributed by atoms with van der Waals surface area (Å²) in [6, 6.07) is -3.33. The van der Waals surface area contributed by atoms with Gasteiger partial charge in [0, 0.05) is 25.8 Å². The molecule has 3 rings (SSSR count). The van der Waals surface area contributed by atoms with E-state index in [9.17, 15) is 53.7 Å². The van der Waals surface area contributed by atoms with Gasteiger partial charge in [-0.15, -0.1) is 0 Å². The fraction of sp³-hybridized carbons (Fsp3) is 0.696. The zero-order chi connectivity index (χ0) is 49.7. The number of amides is 7. The molecule has 0 aliphatic carbocycles. The van der Waals surface area contributed by atoms with Crippen LogP contribution in [0.3, 0.4) is 0 Å². The summed E-state index contributed by atoms with van der Waals surface area (Å²) < 4.78 is 5.97. The minimum atomic E-state index is -1.85. The molecule has 2 aliphatic rings. The molecular weight excluding hydrogens is 857 g/mol. The molecule has 0 saturated carbocycles. The van der Waals surface area contributed by atoms with Crippen LogP contribution in [-0.2, 0) is 49.5 Å². The molecule has 0 aromatic heterocycles. The van der Waals surface area contributed by atoms with Crippen molar-refractivity contribution in [3.63, 3.8) is 0 Å². The average Bonchev–Trinajstić information content (AvgIpc) is 3.25. The van der Waals surface area contributed by atoms with Gasteiger partial charge in [-0.2, -0.15) is 0 Å². The van der Waals surface area contributed by atoms with Crippen molar-refractivity contribution >= 4 is 47.3 Å². The number of phenols is 1. The van der Waals surface area contributed by atoms with Gasteiger partial charge < -0.3 is 56.9 Å². The van der Waals surface area contributed by atoms with E-state index in [1.807, 2.05) is 20.8 Å². The number of carbonyl (C=O) groups excluding carboxylic acids is 8. The number of benzene rings is 1. The molecule has 370 valence electrons. The highest BCUT2D eigenvalue weighted by Gasteiger charge is 2.47. The Morgan fingerprint density at radius 3 is 2.06 bits per heavy atom. The van der Waals surface area contributed by atoms with Crippen LogP contribution in [0.4, 0.5) is 0 Å². The molecule has 2 bridgehead atoms. The lowest BCUT2D eigenvalue weighted by Gasteiger charge is -2.44. The van der Waals surface area contributed by atoms with Gasteiger partial charge in [-0.1, -0.05) is 80.4 Å². The van der Waals surface area contributed by atoms with E-state index >= 15 is 0 Å². The molecule has 0 spiro atoms. The number of aliphatic hydroxyl groups is 2. The van der Waals surface area contributed by atoms with Gasteiger partial charge in [0.15, 0.2) is 0 Å². The second kappa shape index (κ2) is 25.0. The van der Waals surface area contributed by atoms with Gasteiger partial charge in [0.1, 0.15) is 60.6 Å². The summed E-state index contributed by atoms with van der Waals surface area (Å²) >= 11 is 0. The molecule has 1 aromatic carbocycles. The topological polar surface area (TPSA) is 299 Å². The second-order valence-corrected chi connectivity index (χ2v) is 18.6. The highest BCUT2D eigenvalue weighted by atomic mass is 16.5. The Bertz CT molecular complexity index is 1860. The van der Waals surface area contributed by atoms with Crippen LogP contribution in [0.5, 0.6) is 5.75 Å². The lowest BCUT2D eigenvalue weighted by atomic mass is 9.91. The molecular formula is C46H74N8O12. The Labute approximate surface area is 387 Å². The summed E-state index contributed by atoms with van der Waals surface area (Å²) in [5, 5.41) is 47.1. The number of likely N-dealkylation sites (N-methyl/N-ethyl adjacent to an activating group) is 1. The quantitative estimate of drug-likeness (QED) is 0.107. The highest BCUT2D eigenvalue weighted by molar-refractivity contribution is 5.96. The molecule has 2 heterocycles. The predicted molar refractivity (Wildman–Crippen MR) is 242 cm³/mol. The lowest BCUT2D eigenvalue weighted by molar-refractivity contribution is -0.168. The number of phenolic OH excluding ortho intramolecular Hbond substituents is 1. The van der Waals surface area contributed by atoms with Gasteiger partial charge >= 0.3 is 5.97 Å². The van der Waals surface area contributed by atoms with Gasteiger partial charge in [-0.3, -0.25) is 38.9 Å². The minimum Gasteiger partial charge on any atom is -0.508 e. The number of primary amides is 1. The van der Waals surface area contributed by atoms with E-state index in [-0.39, 0.29) is 50.2 Å². The molecule has 12 atom stereocenters. The number of piperidine rings is 1. The zero-order valence-electron chi connectivity index (χ0n) is 40.0. The maximum Gasteiger partial charge on any atom is 0.329 e. The molecule has 66 heavy (non-hydrogen) atoms. The number of ether oxygens (including phenoxy) is 1. The largest absolute Gasteiger partial charge is 0.508 e. The third-order valence-corrected chi connectivity index (χ3v) is 12.6. The predicted octanol–water partition coefficient (Wildman–Crippen LogP) is 0.292. The molecule has 1 unspecified atom stereocenters. The van der Waals surface area contributed by atoms with Crippen LogP contribution in [0.15, 0.2) is 24.3 Å². The average molecular weight is 931 g/mol. The zero-order valence-corrected chi connectivity index (χ0v) is 40.0. The van der Waals surface area contributed by atoms with Crippen molar-refractivity contribution in [2.75, 3.05) is 7.05 Å². The van der Waals surface area contributed by atoms with Crippen molar-refractivity contribution < 1.29 is 58.4 Å². The molecule has 20 nitrogen and oxygen atoms in total. The van der Waals surface area contributed by atoms with Gasteiger partial charge in [-0.05, 0) is 68.1 Å². The van der Waals surface area contributed by atoms with E-state index < -0.39 is 126 Å².